The molecule has 0 bridgehead atoms. The molecule has 0 saturated carbocycles. The molecule has 0 heterocycles. The molecule has 7 nitrogen and oxygen atoms in total. The van der Waals surface area contributed by atoms with E-state index < -0.39 is 28.5 Å². The van der Waals surface area contributed by atoms with Gasteiger partial charge in [0.25, 0.3) is 0 Å². The van der Waals surface area contributed by atoms with Crippen molar-refractivity contribution in [2.75, 3.05) is 23.7 Å². The molecule has 9 heteroatoms. The summed E-state index contributed by atoms with van der Waals surface area (Å²) in [5.74, 6) is -0.719. The summed E-state index contributed by atoms with van der Waals surface area (Å²) < 4.78 is 28.1. The zero-order valence-corrected chi connectivity index (χ0v) is 26.0. The Morgan fingerprint density at radius 1 is 0.900 bits per heavy atom. The van der Waals surface area contributed by atoms with Gasteiger partial charge in [-0.05, 0) is 54.7 Å². The number of hydrogen-bond acceptors (Lipinski definition) is 4. The molecule has 1 unspecified atom stereocenters. The number of hydrogen-bond donors (Lipinski definition) is 1. The molecule has 0 aromatic heterocycles. The van der Waals surface area contributed by atoms with Gasteiger partial charge >= 0.3 is 0 Å². The maximum Gasteiger partial charge on any atom is 0.244 e. The highest BCUT2D eigenvalue weighted by Gasteiger charge is 2.33. The molecule has 2 amide bonds. The fourth-order valence-electron chi connectivity index (χ4n) is 4.62. The Kier molecular flexibility index (Phi) is 11.3. The molecule has 0 spiro atoms. The van der Waals surface area contributed by atoms with Crippen LogP contribution in [-0.2, 0) is 32.6 Å². The van der Waals surface area contributed by atoms with Crippen LogP contribution < -0.4 is 9.62 Å². The van der Waals surface area contributed by atoms with E-state index in [1.807, 2.05) is 93.6 Å². The Bertz CT molecular complexity index is 1380. The third kappa shape index (κ3) is 8.66. The molecule has 0 fully saturated rings. The maximum absolute atomic E-state index is 14.2. The van der Waals surface area contributed by atoms with Crippen LogP contribution in [0.25, 0.3) is 0 Å². The minimum Gasteiger partial charge on any atom is -0.354 e. The Labute approximate surface area is 246 Å². The molecule has 0 aliphatic carbocycles. The third-order valence-corrected chi connectivity index (χ3v) is 8.38. The first-order chi connectivity index (χ1) is 19.0. The van der Waals surface area contributed by atoms with Gasteiger partial charge in [0.05, 0.1) is 11.9 Å². The lowest BCUT2D eigenvalue weighted by Gasteiger charge is -2.34. The van der Waals surface area contributed by atoms with E-state index in [4.69, 9.17) is 0 Å². The minimum absolute atomic E-state index is 0.148. The number of halogens is 1. The lowest BCUT2D eigenvalue weighted by Crippen LogP contribution is -2.53. The summed E-state index contributed by atoms with van der Waals surface area (Å²) in [4.78, 5) is 29.3. The molecule has 3 aromatic rings. The fourth-order valence-corrected chi connectivity index (χ4v) is 5.85. The summed E-state index contributed by atoms with van der Waals surface area (Å²) in [5.41, 5.74) is 3.70. The van der Waals surface area contributed by atoms with Crippen molar-refractivity contribution in [1.29, 1.82) is 0 Å². The molecule has 40 heavy (non-hydrogen) atoms. The van der Waals surface area contributed by atoms with Crippen molar-refractivity contribution in [2.45, 2.75) is 52.6 Å². The van der Waals surface area contributed by atoms with Crippen molar-refractivity contribution in [2.24, 2.45) is 0 Å². The molecular formula is C31H38BrN3O4S. The van der Waals surface area contributed by atoms with Crippen molar-refractivity contribution in [3.8, 4) is 0 Å². The summed E-state index contributed by atoms with van der Waals surface area (Å²) in [6.45, 7) is 5.92. The summed E-state index contributed by atoms with van der Waals surface area (Å²) in [6.07, 6.45) is 3.14. The van der Waals surface area contributed by atoms with E-state index in [9.17, 15) is 18.0 Å². The molecule has 1 atom stereocenters. The van der Waals surface area contributed by atoms with Gasteiger partial charge in [0, 0.05) is 24.0 Å². The van der Waals surface area contributed by atoms with Crippen LogP contribution in [0.5, 0.6) is 0 Å². The van der Waals surface area contributed by atoms with Crippen molar-refractivity contribution in [1.82, 2.24) is 10.2 Å². The van der Waals surface area contributed by atoms with Crippen LogP contribution in [0.15, 0.2) is 77.3 Å². The largest absolute Gasteiger partial charge is 0.354 e. The van der Waals surface area contributed by atoms with Crippen molar-refractivity contribution < 1.29 is 18.0 Å². The second kappa shape index (κ2) is 14.5. The number of benzene rings is 3. The first-order valence-corrected chi connectivity index (χ1v) is 16.0. The van der Waals surface area contributed by atoms with Crippen molar-refractivity contribution in [3.63, 3.8) is 0 Å². The van der Waals surface area contributed by atoms with Crippen LogP contribution in [0.4, 0.5) is 5.69 Å². The van der Waals surface area contributed by atoms with Crippen LogP contribution in [0, 0.1) is 13.8 Å². The number of unbranched alkanes of at least 4 members (excludes halogenated alkanes) is 1. The van der Waals surface area contributed by atoms with Crippen LogP contribution in [0.2, 0.25) is 0 Å². The van der Waals surface area contributed by atoms with E-state index in [1.165, 1.54) is 4.90 Å². The lowest BCUT2D eigenvalue weighted by atomic mass is 10.0. The number of carbonyl (C=O) groups excluding carboxylic acids is 2. The monoisotopic (exact) mass is 627 g/mol. The average molecular weight is 629 g/mol. The number of rotatable bonds is 13. The van der Waals surface area contributed by atoms with Crippen LogP contribution >= 0.6 is 15.9 Å². The molecule has 0 saturated heterocycles. The van der Waals surface area contributed by atoms with Crippen LogP contribution in [0.1, 0.15) is 42.0 Å². The van der Waals surface area contributed by atoms with E-state index in [0.29, 0.717) is 18.7 Å². The van der Waals surface area contributed by atoms with E-state index in [2.05, 4.69) is 21.2 Å². The number of sulfonamides is 1. The molecule has 214 valence electrons. The number of nitrogens with one attached hydrogen (secondary N) is 1. The highest BCUT2D eigenvalue weighted by molar-refractivity contribution is 9.10. The highest BCUT2D eigenvalue weighted by Crippen LogP contribution is 2.27. The summed E-state index contributed by atoms with van der Waals surface area (Å²) in [7, 11) is -3.81. The lowest BCUT2D eigenvalue weighted by molar-refractivity contribution is -0.140. The molecule has 3 aromatic carbocycles. The van der Waals surface area contributed by atoms with Gasteiger partial charge in [-0.25, -0.2) is 8.42 Å². The van der Waals surface area contributed by atoms with Gasteiger partial charge < -0.3 is 10.2 Å². The van der Waals surface area contributed by atoms with Gasteiger partial charge in [-0.1, -0.05) is 89.9 Å². The number of anilines is 1. The van der Waals surface area contributed by atoms with Gasteiger partial charge in [0.15, 0.2) is 0 Å². The molecule has 0 aliphatic heterocycles. The standard InChI is InChI=1S/C31H38BrN3O4S/c1-5-6-19-33-31(37)28(20-25-13-8-7-9-14-25)34(21-26-15-17-27(32)18-16-26)29(36)22-35(40(4,38)39)30-23(2)11-10-12-24(30)3/h7-18,28H,5-6,19-22H2,1-4H3,(H,33,37). The Hall–Kier alpha value is -3.17. The van der Waals surface area contributed by atoms with Gasteiger partial charge in [-0.2, -0.15) is 0 Å². The Morgan fingerprint density at radius 2 is 1.52 bits per heavy atom. The van der Waals surface area contributed by atoms with Gasteiger partial charge in [-0.3, -0.25) is 13.9 Å². The summed E-state index contributed by atoms with van der Waals surface area (Å²) in [6, 6.07) is 21.7. The maximum atomic E-state index is 14.2. The predicted octanol–water partition coefficient (Wildman–Crippen LogP) is 5.39. The molecule has 0 aliphatic rings. The molecular weight excluding hydrogens is 590 g/mol. The smallest absolute Gasteiger partial charge is 0.244 e. The highest BCUT2D eigenvalue weighted by atomic mass is 79.9. The first-order valence-electron chi connectivity index (χ1n) is 13.4. The van der Waals surface area contributed by atoms with E-state index in [1.54, 1.807) is 0 Å². The van der Waals surface area contributed by atoms with Crippen molar-refractivity contribution in [3.05, 3.63) is 99.5 Å². The first kappa shape index (κ1) is 31.4. The Morgan fingerprint density at radius 3 is 2.10 bits per heavy atom. The second-order valence-corrected chi connectivity index (χ2v) is 12.8. The summed E-state index contributed by atoms with van der Waals surface area (Å²) in [5, 5.41) is 3.00. The number of carbonyl (C=O) groups is 2. The quantitative estimate of drug-likeness (QED) is 0.258. The van der Waals surface area contributed by atoms with Crippen LogP contribution in [0.3, 0.4) is 0 Å². The van der Waals surface area contributed by atoms with Crippen LogP contribution in [-0.4, -0.2) is 50.5 Å². The number of para-hydroxylation sites is 1. The minimum atomic E-state index is -3.81. The van der Waals surface area contributed by atoms with Crippen molar-refractivity contribution >= 4 is 43.5 Å². The second-order valence-electron chi connectivity index (χ2n) is 10.0. The normalized spacial score (nSPS) is 12.0. The zero-order chi connectivity index (χ0) is 29.3. The van der Waals surface area contributed by atoms with E-state index in [-0.39, 0.29) is 12.5 Å². The van der Waals surface area contributed by atoms with E-state index >= 15 is 0 Å². The zero-order valence-electron chi connectivity index (χ0n) is 23.6. The average Bonchev–Trinajstić information content (AvgIpc) is 2.91. The van der Waals surface area contributed by atoms with Gasteiger partial charge in [0.1, 0.15) is 12.6 Å². The number of nitrogens with zero attached hydrogens (tertiary/aromatic N) is 2. The molecule has 0 radical (unpaired) electrons. The number of amides is 2. The van der Waals surface area contributed by atoms with E-state index in [0.717, 1.165) is 50.1 Å². The molecule has 3 rings (SSSR count). The topological polar surface area (TPSA) is 86.8 Å². The number of aryl methyl sites for hydroxylation is 2. The SMILES string of the molecule is CCCCNC(=O)C(Cc1ccccc1)N(Cc1ccc(Br)cc1)C(=O)CN(c1c(C)cccc1C)S(C)(=O)=O. The third-order valence-electron chi connectivity index (χ3n) is 6.73. The Balaban J connectivity index is 2.06. The summed E-state index contributed by atoms with van der Waals surface area (Å²) >= 11 is 3.45. The fraction of sp³-hybridized carbons (Fsp3) is 0.355. The molecule has 1 N–H and O–H groups in total. The van der Waals surface area contributed by atoms with Gasteiger partial charge in [0.2, 0.25) is 21.8 Å². The van der Waals surface area contributed by atoms with Gasteiger partial charge in [-0.15, -0.1) is 0 Å². The predicted molar refractivity (Wildman–Crippen MR) is 165 cm³/mol.